The van der Waals surface area contributed by atoms with Gasteiger partial charge in [-0.25, -0.2) is 0 Å². The van der Waals surface area contributed by atoms with Crippen LogP contribution >= 0.6 is 12.2 Å². The Kier molecular flexibility index (Phi) is 4.31. The highest BCUT2D eigenvalue weighted by Crippen LogP contribution is 2.14. The van der Waals surface area contributed by atoms with E-state index in [-0.39, 0.29) is 18.1 Å². The van der Waals surface area contributed by atoms with Crippen molar-refractivity contribution in [3.8, 4) is 0 Å². The Labute approximate surface area is 96.0 Å². The molecule has 0 radical (unpaired) electrons. The van der Waals surface area contributed by atoms with Gasteiger partial charge in [-0.05, 0) is 12.1 Å². The SMILES string of the molecule is NC(=S)c1cccn1CCOCC(F)(F)F. The topological polar surface area (TPSA) is 40.2 Å². The highest BCUT2D eigenvalue weighted by Gasteiger charge is 2.27. The van der Waals surface area contributed by atoms with Gasteiger partial charge in [-0.3, -0.25) is 0 Å². The van der Waals surface area contributed by atoms with Gasteiger partial charge in [0.05, 0.1) is 12.3 Å². The molecule has 0 saturated heterocycles. The zero-order valence-electron chi connectivity index (χ0n) is 8.33. The van der Waals surface area contributed by atoms with Crippen molar-refractivity contribution in [1.82, 2.24) is 4.57 Å². The van der Waals surface area contributed by atoms with Crippen LogP contribution in [0.2, 0.25) is 0 Å². The number of alkyl halides is 3. The summed E-state index contributed by atoms with van der Waals surface area (Å²) >= 11 is 4.78. The van der Waals surface area contributed by atoms with E-state index in [1.54, 1.807) is 22.9 Å². The standard InChI is InChI=1S/C9H11F3N2OS/c10-9(11,12)6-15-5-4-14-3-1-2-7(14)8(13)16/h1-3H,4-6H2,(H2,13,16). The summed E-state index contributed by atoms with van der Waals surface area (Å²) in [7, 11) is 0. The van der Waals surface area contributed by atoms with E-state index >= 15 is 0 Å². The summed E-state index contributed by atoms with van der Waals surface area (Å²) in [5, 5.41) is 0. The van der Waals surface area contributed by atoms with Gasteiger partial charge in [0, 0.05) is 12.7 Å². The van der Waals surface area contributed by atoms with Crippen LogP contribution in [0.1, 0.15) is 5.69 Å². The molecule has 0 aliphatic rings. The van der Waals surface area contributed by atoms with E-state index in [1.165, 1.54) is 0 Å². The predicted molar refractivity (Wildman–Crippen MR) is 57.2 cm³/mol. The molecule has 1 rings (SSSR count). The average molecular weight is 252 g/mol. The summed E-state index contributed by atoms with van der Waals surface area (Å²) in [5.41, 5.74) is 6.04. The lowest BCUT2D eigenvalue weighted by Gasteiger charge is -2.10. The summed E-state index contributed by atoms with van der Waals surface area (Å²) in [6, 6.07) is 3.42. The highest BCUT2D eigenvalue weighted by molar-refractivity contribution is 7.80. The molecule has 0 saturated carbocycles. The van der Waals surface area contributed by atoms with Gasteiger partial charge in [-0.2, -0.15) is 13.2 Å². The van der Waals surface area contributed by atoms with Crippen LogP contribution in [0.4, 0.5) is 13.2 Å². The Hall–Kier alpha value is -1.08. The monoisotopic (exact) mass is 252 g/mol. The van der Waals surface area contributed by atoms with Crippen LogP contribution in [0.5, 0.6) is 0 Å². The molecule has 7 heteroatoms. The van der Waals surface area contributed by atoms with Crippen molar-refractivity contribution < 1.29 is 17.9 Å². The van der Waals surface area contributed by atoms with Gasteiger partial charge in [-0.15, -0.1) is 0 Å². The Bertz CT molecular complexity index is 362. The zero-order chi connectivity index (χ0) is 12.2. The maximum absolute atomic E-state index is 11.8. The Morgan fingerprint density at radius 2 is 2.19 bits per heavy atom. The normalized spacial score (nSPS) is 11.7. The minimum absolute atomic E-state index is 0.0379. The second kappa shape index (κ2) is 5.31. The number of nitrogens with two attached hydrogens (primary N) is 1. The first-order valence-corrected chi connectivity index (χ1v) is 4.90. The second-order valence-electron chi connectivity index (χ2n) is 3.12. The lowest BCUT2D eigenvalue weighted by atomic mass is 10.4. The number of thiocarbonyl (C=S) groups is 1. The minimum atomic E-state index is -4.29. The van der Waals surface area contributed by atoms with Gasteiger partial charge in [-0.1, -0.05) is 12.2 Å². The molecule has 0 aromatic carbocycles. The van der Waals surface area contributed by atoms with Gasteiger partial charge in [0.25, 0.3) is 0 Å². The molecule has 0 atom stereocenters. The van der Waals surface area contributed by atoms with E-state index in [0.717, 1.165) is 0 Å². The summed E-state index contributed by atoms with van der Waals surface area (Å²) < 4.78 is 41.4. The van der Waals surface area contributed by atoms with Crippen LogP contribution in [0.3, 0.4) is 0 Å². The number of ether oxygens (including phenoxy) is 1. The summed E-state index contributed by atoms with van der Waals surface area (Å²) in [6.45, 7) is -0.990. The lowest BCUT2D eigenvalue weighted by Crippen LogP contribution is -2.21. The van der Waals surface area contributed by atoms with Gasteiger partial charge in [0.1, 0.15) is 11.6 Å². The fourth-order valence-electron chi connectivity index (χ4n) is 1.18. The van der Waals surface area contributed by atoms with Crippen molar-refractivity contribution in [3.05, 3.63) is 24.0 Å². The van der Waals surface area contributed by atoms with Gasteiger partial charge >= 0.3 is 6.18 Å². The van der Waals surface area contributed by atoms with E-state index in [2.05, 4.69) is 4.74 Å². The first-order chi connectivity index (χ1) is 7.40. The molecular weight excluding hydrogens is 241 g/mol. The average Bonchev–Trinajstić information content (AvgIpc) is 2.58. The van der Waals surface area contributed by atoms with Crippen molar-refractivity contribution in [2.24, 2.45) is 5.73 Å². The lowest BCUT2D eigenvalue weighted by molar-refractivity contribution is -0.174. The highest BCUT2D eigenvalue weighted by atomic mass is 32.1. The van der Waals surface area contributed by atoms with Crippen molar-refractivity contribution >= 4 is 17.2 Å². The summed E-state index contributed by atoms with van der Waals surface area (Å²) in [6.07, 6.45) is -2.60. The smallest absolute Gasteiger partial charge is 0.388 e. The second-order valence-corrected chi connectivity index (χ2v) is 3.56. The first-order valence-electron chi connectivity index (χ1n) is 4.49. The molecule has 0 bridgehead atoms. The molecule has 1 aromatic rings. The third kappa shape index (κ3) is 4.19. The Balaban J connectivity index is 2.38. The van der Waals surface area contributed by atoms with Crippen molar-refractivity contribution in [1.29, 1.82) is 0 Å². The van der Waals surface area contributed by atoms with Crippen molar-refractivity contribution in [3.63, 3.8) is 0 Å². The van der Waals surface area contributed by atoms with Crippen LogP contribution < -0.4 is 5.73 Å². The van der Waals surface area contributed by atoms with Crippen molar-refractivity contribution in [2.45, 2.75) is 12.7 Å². The van der Waals surface area contributed by atoms with E-state index in [1.807, 2.05) is 0 Å². The fraction of sp³-hybridized carbons (Fsp3) is 0.444. The van der Waals surface area contributed by atoms with E-state index in [4.69, 9.17) is 18.0 Å². The molecule has 0 fully saturated rings. The number of halogens is 3. The van der Waals surface area contributed by atoms with E-state index in [9.17, 15) is 13.2 Å². The van der Waals surface area contributed by atoms with E-state index in [0.29, 0.717) is 5.69 Å². The van der Waals surface area contributed by atoms with E-state index < -0.39 is 12.8 Å². The molecule has 2 N–H and O–H groups in total. The number of hydrogen-bond acceptors (Lipinski definition) is 2. The van der Waals surface area contributed by atoms with Crippen molar-refractivity contribution in [2.75, 3.05) is 13.2 Å². The predicted octanol–water partition coefficient (Wildman–Crippen LogP) is 1.70. The molecule has 0 amide bonds. The van der Waals surface area contributed by atoms with Crippen LogP contribution in [0.15, 0.2) is 18.3 Å². The van der Waals surface area contributed by atoms with Crippen LogP contribution in [0.25, 0.3) is 0 Å². The largest absolute Gasteiger partial charge is 0.411 e. The Morgan fingerprint density at radius 1 is 1.50 bits per heavy atom. The molecule has 1 heterocycles. The third-order valence-electron chi connectivity index (χ3n) is 1.82. The fourth-order valence-corrected chi connectivity index (χ4v) is 1.37. The maximum Gasteiger partial charge on any atom is 0.411 e. The molecule has 90 valence electrons. The van der Waals surface area contributed by atoms with Crippen LogP contribution in [0, 0.1) is 0 Å². The van der Waals surface area contributed by atoms with Gasteiger partial charge in [0.15, 0.2) is 0 Å². The molecule has 0 aliphatic carbocycles. The minimum Gasteiger partial charge on any atom is -0.388 e. The maximum atomic E-state index is 11.8. The molecular formula is C9H11F3N2OS. The molecule has 1 aromatic heterocycles. The third-order valence-corrected chi connectivity index (χ3v) is 2.03. The summed E-state index contributed by atoms with van der Waals surface area (Å²) in [5.74, 6) is 0. The number of rotatable bonds is 5. The number of aromatic nitrogens is 1. The number of nitrogens with zero attached hydrogens (tertiary/aromatic N) is 1. The molecule has 0 aliphatic heterocycles. The number of hydrogen-bond donors (Lipinski definition) is 1. The van der Waals surface area contributed by atoms with Crippen LogP contribution in [-0.4, -0.2) is 28.9 Å². The first kappa shape index (κ1) is 13.0. The molecule has 0 spiro atoms. The zero-order valence-corrected chi connectivity index (χ0v) is 9.14. The molecule has 3 nitrogen and oxygen atoms in total. The quantitative estimate of drug-likeness (QED) is 0.640. The van der Waals surface area contributed by atoms with Gasteiger partial charge in [0.2, 0.25) is 0 Å². The summed E-state index contributed by atoms with van der Waals surface area (Å²) in [4.78, 5) is 0.209. The Morgan fingerprint density at radius 3 is 2.75 bits per heavy atom. The molecule has 16 heavy (non-hydrogen) atoms. The molecule has 0 unspecified atom stereocenters. The van der Waals surface area contributed by atoms with Gasteiger partial charge < -0.3 is 15.0 Å². The van der Waals surface area contributed by atoms with Crippen LogP contribution in [-0.2, 0) is 11.3 Å².